The lowest BCUT2D eigenvalue weighted by Gasteiger charge is -2.21. The van der Waals surface area contributed by atoms with Crippen LogP contribution in [0.1, 0.15) is 32.8 Å². The van der Waals surface area contributed by atoms with Gasteiger partial charge in [0.2, 0.25) is 0 Å². The van der Waals surface area contributed by atoms with Gasteiger partial charge in [-0.3, -0.25) is 0 Å². The second-order valence-corrected chi connectivity index (χ2v) is 5.34. The standard InChI is InChI=1S/C14H22FNO/c1-14(2,3)17-9-8-13(16)10-11-4-6-12(15)7-5-11/h4-7,13H,8-10,16H2,1-3H3. The molecule has 1 aromatic rings. The molecule has 1 atom stereocenters. The first-order chi connectivity index (χ1) is 7.87. The maximum Gasteiger partial charge on any atom is 0.123 e. The molecule has 0 heterocycles. The van der Waals surface area contributed by atoms with Crippen LogP contribution in [0.2, 0.25) is 0 Å². The number of rotatable bonds is 5. The number of ether oxygens (including phenoxy) is 1. The molecule has 0 fully saturated rings. The van der Waals surface area contributed by atoms with E-state index in [0.29, 0.717) is 6.61 Å². The van der Waals surface area contributed by atoms with Crippen molar-refractivity contribution in [2.24, 2.45) is 5.73 Å². The summed E-state index contributed by atoms with van der Waals surface area (Å²) in [5, 5.41) is 0. The van der Waals surface area contributed by atoms with E-state index in [1.165, 1.54) is 12.1 Å². The van der Waals surface area contributed by atoms with Crippen molar-refractivity contribution in [1.82, 2.24) is 0 Å². The molecule has 0 aromatic heterocycles. The number of hydrogen-bond acceptors (Lipinski definition) is 2. The minimum atomic E-state index is -0.210. The molecule has 0 saturated heterocycles. The van der Waals surface area contributed by atoms with Gasteiger partial charge in [0.05, 0.1) is 5.60 Å². The van der Waals surface area contributed by atoms with Crippen LogP contribution in [0, 0.1) is 5.82 Å². The summed E-state index contributed by atoms with van der Waals surface area (Å²) in [6.07, 6.45) is 1.57. The molecule has 0 radical (unpaired) electrons. The molecule has 0 aliphatic heterocycles. The van der Waals surface area contributed by atoms with Gasteiger partial charge in [-0.1, -0.05) is 12.1 Å². The molecule has 3 heteroatoms. The van der Waals surface area contributed by atoms with E-state index in [-0.39, 0.29) is 17.5 Å². The molecule has 17 heavy (non-hydrogen) atoms. The molecule has 2 N–H and O–H groups in total. The summed E-state index contributed by atoms with van der Waals surface area (Å²) < 4.78 is 18.3. The average molecular weight is 239 g/mol. The van der Waals surface area contributed by atoms with Crippen LogP contribution >= 0.6 is 0 Å². The van der Waals surface area contributed by atoms with E-state index >= 15 is 0 Å². The number of benzene rings is 1. The highest BCUT2D eigenvalue weighted by atomic mass is 19.1. The molecule has 1 unspecified atom stereocenters. The summed E-state index contributed by atoms with van der Waals surface area (Å²) in [6.45, 7) is 6.74. The van der Waals surface area contributed by atoms with Crippen molar-refractivity contribution in [3.05, 3.63) is 35.6 Å². The van der Waals surface area contributed by atoms with Gasteiger partial charge in [0.25, 0.3) is 0 Å². The molecule has 0 aliphatic rings. The van der Waals surface area contributed by atoms with Crippen molar-refractivity contribution in [1.29, 1.82) is 0 Å². The van der Waals surface area contributed by atoms with E-state index in [4.69, 9.17) is 10.5 Å². The largest absolute Gasteiger partial charge is 0.376 e. The maximum atomic E-state index is 12.7. The summed E-state index contributed by atoms with van der Waals surface area (Å²) >= 11 is 0. The molecular weight excluding hydrogens is 217 g/mol. The molecule has 0 saturated carbocycles. The second-order valence-electron chi connectivity index (χ2n) is 5.34. The Balaban J connectivity index is 2.30. The lowest BCUT2D eigenvalue weighted by atomic mass is 10.0. The van der Waals surface area contributed by atoms with Gasteiger partial charge in [0, 0.05) is 12.6 Å². The van der Waals surface area contributed by atoms with Gasteiger partial charge < -0.3 is 10.5 Å². The molecule has 0 aliphatic carbocycles. The van der Waals surface area contributed by atoms with Crippen molar-refractivity contribution >= 4 is 0 Å². The molecule has 96 valence electrons. The summed E-state index contributed by atoms with van der Waals surface area (Å²) in [4.78, 5) is 0. The van der Waals surface area contributed by atoms with Gasteiger partial charge in [-0.25, -0.2) is 4.39 Å². The Kier molecular flexibility index (Phi) is 5.09. The SMILES string of the molecule is CC(C)(C)OCCC(N)Cc1ccc(F)cc1. The van der Waals surface area contributed by atoms with Gasteiger partial charge in [-0.15, -0.1) is 0 Å². The number of halogens is 1. The number of hydrogen-bond donors (Lipinski definition) is 1. The Morgan fingerprint density at radius 3 is 2.35 bits per heavy atom. The third kappa shape index (κ3) is 6.39. The minimum absolute atomic E-state index is 0.0582. The zero-order valence-corrected chi connectivity index (χ0v) is 10.9. The fourth-order valence-corrected chi connectivity index (χ4v) is 1.54. The maximum absolute atomic E-state index is 12.7. The predicted octanol–water partition coefficient (Wildman–Crippen LogP) is 2.90. The normalized spacial score (nSPS) is 13.7. The fourth-order valence-electron chi connectivity index (χ4n) is 1.54. The quantitative estimate of drug-likeness (QED) is 0.857. The van der Waals surface area contributed by atoms with E-state index in [0.717, 1.165) is 18.4 Å². The van der Waals surface area contributed by atoms with Crippen molar-refractivity contribution in [3.63, 3.8) is 0 Å². The first kappa shape index (κ1) is 14.1. The average Bonchev–Trinajstić information content (AvgIpc) is 2.19. The Labute approximate surface area is 103 Å². The minimum Gasteiger partial charge on any atom is -0.376 e. The van der Waals surface area contributed by atoms with E-state index in [9.17, 15) is 4.39 Å². The van der Waals surface area contributed by atoms with Gasteiger partial charge in [0.1, 0.15) is 5.82 Å². The smallest absolute Gasteiger partial charge is 0.123 e. The Morgan fingerprint density at radius 2 is 1.82 bits per heavy atom. The third-order valence-electron chi connectivity index (χ3n) is 2.43. The zero-order valence-electron chi connectivity index (χ0n) is 10.9. The highest BCUT2D eigenvalue weighted by molar-refractivity contribution is 5.17. The van der Waals surface area contributed by atoms with Crippen molar-refractivity contribution in [2.75, 3.05) is 6.61 Å². The summed E-state index contributed by atoms with van der Waals surface area (Å²) in [5.41, 5.74) is 6.95. The van der Waals surface area contributed by atoms with Crippen LogP contribution in [0.4, 0.5) is 4.39 Å². The van der Waals surface area contributed by atoms with Gasteiger partial charge in [0.15, 0.2) is 0 Å². The molecule has 0 amide bonds. The lowest BCUT2D eigenvalue weighted by Crippen LogP contribution is -2.27. The summed E-state index contributed by atoms with van der Waals surface area (Å²) in [7, 11) is 0. The van der Waals surface area contributed by atoms with Gasteiger partial charge in [-0.05, 0) is 51.3 Å². The molecule has 2 nitrogen and oxygen atoms in total. The van der Waals surface area contributed by atoms with Crippen molar-refractivity contribution in [3.8, 4) is 0 Å². The lowest BCUT2D eigenvalue weighted by molar-refractivity contribution is -0.00595. The van der Waals surface area contributed by atoms with Crippen molar-refractivity contribution < 1.29 is 9.13 Å². The van der Waals surface area contributed by atoms with Crippen LogP contribution in [-0.2, 0) is 11.2 Å². The van der Waals surface area contributed by atoms with Gasteiger partial charge >= 0.3 is 0 Å². The van der Waals surface area contributed by atoms with Crippen molar-refractivity contribution in [2.45, 2.75) is 45.3 Å². The van der Waals surface area contributed by atoms with Crippen LogP contribution in [0.3, 0.4) is 0 Å². The van der Waals surface area contributed by atoms with Crippen LogP contribution in [-0.4, -0.2) is 18.2 Å². The molecule has 1 aromatic carbocycles. The molecule has 0 spiro atoms. The highest BCUT2D eigenvalue weighted by Crippen LogP contribution is 2.10. The Morgan fingerprint density at radius 1 is 1.24 bits per heavy atom. The number of nitrogens with two attached hydrogens (primary N) is 1. The predicted molar refractivity (Wildman–Crippen MR) is 68.4 cm³/mol. The van der Waals surface area contributed by atoms with Crippen LogP contribution in [0.25, 0.3) is 0 Å². The van der Waals surface area contributed by atoms with E-state index in [1.54, 1.807) is 12.1 Å². The summed E-state index contributed by atoms with van der Waals surface area (Å²) in [6, 6.07) is 6.55. The van der Waals surface area contributed by atoms with E-state index in [1.807, 2.05) is 20.8 Å². The fraction of sp³-hybridized carbons (Fsp3) is 0.571. The molecule has 0 bridgehead atoms. The zero-order chi connectivity index (χ0) is 12.9. The Bertz CT molecular complexity index is 329. The van der Waals surface area contributed by atoms with E-state index < -0.39 is 0 Å². The van der Waals surface area contributed by atoms with Gasteiger partial charge in [-0.2, -0.15) is 0 Å². The third-order valence-corrected chi connectivity index (χ3v) is 2.43. The van der Waals surface area contributed by atoms with Crippen LogP contribution < -0.4 is 5.73 Å². The molecular formula is C14H22FNO. The first-order valence-electron chi connectivity index (χ1n) is 6.01. The highest BCUT2D eigenvalue weighted by Gasteiger charge is 2.11. The molecule has 1 rings (SSSR count). The monoisotopic (exact) mass is 239 g/mol. The first-order valence-corrected chi connectivity index (χ1v) is 6.01. The van der Waals surface area contributed by atoms with Crippen LogP contribution in [0.5, 0.6) is 0 Å². The topological polar surface area (TPSA) is 35.2 Å². The Hall–Kier alpha value is -0.930. The summed E-state index contributed by atoms with van der Waals surface area (Å²) in [5.74, 6) is -0.210. The second kappa shape index (κ2) is 6.12. The van der Waals surface area contributed by atoms with E-state index in [2.05, 4.69) is 0 Å². The van der Waals surface area contributed by atoms with Crippen LogP contribution in [0.15, 0.2) is 24.3 Å².